The van der Waals surface area contributed by atoms with Crippen LogP contribution in [0, 0.1) is 11.7 Å². The lowest BCUT2D eigenvalue weighted by molar-refractivity contribution is 0.434. The Balaban J connectivity index is 1.70. The van der Waals surface area contributed by atoms with Crippen LogP contribution in [0.1, 0.15) is 51.1 Å². The highest BCUT2D eigenvalue weighted by Crippen LogP contribution is 2.29. The third-order valence-electron chi connectivity index (χ3n) is 4.66. The molecule has 2 aliphatic rings. The Morgan fingerprint density at radius 2 is 1.90 bits per heavy atom. The Morgan fingerprint density at radius 3 is 2.50 bits per heavy atom. The molecule has 20 heavy (non-hydrogen) atoms. The molecule has 0 bridgehead atoms. The second kappa shape index (κ2) is 5.72. The zero-order chi connectivity index (χ0) is 14.1. The standard InChI is InChI=1S/C17H25FN2/c1-12-7-9-20(10-8-12)17-6-3-14(11-16(17)18)13(2)19-15-4-5-15/h3,6,11-13,15,19H,4-5,7-10H2,1-2H3/t13-/m1/s1. The van der Waals surface area contributed by atoms with Gasteiger partial charge < -0.3 is 10.2 Å². The van der Waals surface area contributed by atoms with Crippen LogP contribution < -0.4 is 10.2 Å². The van der Waals surface area contributed by atoms with Crippen LogP contribution in [0.15, 0.2) is 18.2 Å². The van der Waals surface area contributed by atoms with Gasteiger partial charge in [-0.3, -0.25) is 0 Å². The van der Waals surface area contributed by atoms with Gasteiger partial charge in [0, 0.05) is 25.2 Å². The molecular weight excluding hydrogens is 251 g/mol. The van der Waals surface area contributed by atoms with Crippen LogP contribution in [0.25, 0.3) is 0 Å². The average molecular weight is 276 g/mol. The van der Waals surface area contributed by atoms with Crippen molar-refractivity contribution in [2.75, 3.05) is 18.0 Å². The molecule has 1 aliphatic heterocycles. The van der Waals surface area contributed by atoms with Crippen molar-refractivity contribution in [2.24, 2.45) is 5.92 Å². The normalized spacial score (nSPS) is 22.1. The van der Waals surface area contributed by atoms with Gasteiger partial charge in [-0.15, -0.1) is 0 Å². The fourth-order valence-corrected chi connectivity index (χ4v) is 3.00. The monoisotopic (exact) mass is 276 g/mol. The van der Waals surface area contributed by atoms with E-state index in [1.54, 1.807) is 6.07 Å². The highest BCUT2D eigenvalue weighted by molar-refractivity contribution is 5.50. The molecule has 0 unspecified atom stereocenters. The van der Waals surface area contributed by atoms with Gasteiger partial charge in [0.15, 0.2) is 0 Å². The minimum Gasteiger partial charge on any atom is -0.369 e. The maximum absolute atomic E-state index is 14.4. The SMILES string of the molecule is CC1CCN(c2ccc([C@@H](C)NC3CC3)cc2F)CC1. The van der Waals surface area contributed by atoms with Gasteiger partial charge in [-0.25, -0.2) is 4.39 Å². The fraction of sp³-hybridized carbons (Fsp3) is 0.647. The van der Waals surface area contributed by atoms with Crippen molar-refractivity contribution in [1.29, 1.82) is 0 Å². The third kappa shape index (κ3) is 3.14. The van der Waals surface area contributed by atoms with E-state index in [0.717, 1.165) is 30.3 Å². The van der Waals surface area contributed by atoms with E-state index in [9.17, 15) is 4.39 Å². The van der Waals surface area contributed by atoms with E-state index < -0.39 is 0 Å². The molecule has 1 N–H and O–H groups in total. The highest BCUT2D eigenvalue weighted by atomic mass is 19.1. The topological polar surface area (TPSA) is 15.3 Å². The molecule has 1 saturated carbocycles. The lowest BCUT2D eigenvalue weighted by Crippen LogP contribution is -2.33. The van der Waals surface area contributed by atoms with Crippen LogP contribution in [-0.2, 0) is 0 Å². The summed E-state index contributed by atoms with van der Waals surface area (Å²) in [4.78, 5) is 2.19. The summed E-state index contributed by atoms with van der Waals surface area (Å²) >= 11 is 0. The third-order valence-corrected chi connectivity index (χ3v) is 4.66. The van der Waals surface area contributed by atoms with E-state index in [4.69, 9.17) is 0 Å². The maximum atomic E-state index is 14.4. The summed E-state index contributed by atoms with van der Waals surface area (Å²) in [7, 11) is 0. The molecule has 1 aromatic rings. The molecule has 0 radical (unpaired) electrons. The minimum atomic E-state index is -0.0681. The van der Waals surface area contributed by atoms with Crippen molar-refractivity contribution in [3.8, 4) is 0 Å². The first-order valence-electron chi connectivity index (χ1n) is 7.94. The first-order valence-corrected chi connectivity index (χ1v) is 7.94. The Hall–Kier alpha value is -1.09. The Kier molecular flexibility index (Phi) is 3.97. The molecule has 1 aliphatic carbocycles. The van der Waals surface area contributed by atoms with Gasteiger partial charge in [-0.05, 0) is 56.2 Å². The molecular formula is C17H25FN2. The maximum Gasteiger partial charge on any atom is 0.146 e. The number of piperidine rings is 1. The van der Waals surface area contributed by atoms with Crippen LogP contribution in [0.3, 0.4) is 0 Å². The van der Waals surface area contributed by atoms with Crippen molar-refractivity contribution in [3.05, 3.63) is 29.6 Å². The van der Waals surface area contributed by atoms with Crippen molar-refractivity contribution in [1.82, 2.24) is 5.32 Å². The predicted octanol–water partition coefficient (Wildman–Crippen LogP) is 3.88. The van der Waals surface area contributed by atoms with Gasteiger partial charge in [-0.1, -0.05) is 13.0 Å². The highest BCUT2D eigenvalue weighted by Gasteiger charge is 2.24. The second-order valence-corrected chi connectivity index (χ2v) is 6.54. The first kappa shape index (κ1) is 13.9. The molecule has 3 heteroatoms. The number of halogens is 1. The van der Waals surface area contributed by atoms with Gasteiger partial charge in [0.05, 0.1) is 5.69 Å². The summed E-state index contributed by atoms with van der Waals surface area (Å²) in [6.45, 7) is 6.36. The number of anilines is 1. The summed E-state index contributed by atoms with van der Waals surface area (Å²) in [5.41, 5.74) is 1.84. The molecule has 3 rings (SSSR count). The molecule has 2 nitrogen and oxygen atoms in total. The van der Waals surface area contributed by atoms with Crippen LogP contribution in [0.5, 0.6) is 0 Å². The lowest BCUT2D eigenvalue weighted by Gasteiger charge is -2.32. The van der Waals surface area contributed by atoms with Crippen LogP contribution in [-0.4, -0.2) is 19.1 Å². The van der Waals surface area contributed by atoms with Crippen LogP contribution in [0.2, 0.25) is 0 Å². The molecule has 1 atom stereocenters. The van der Waals surface area contributed by atoms with Gasteiger partial charge in [0.25, 0.3) is 0 Å². The molecule has 2 fully saturated rings. The molecule has 0 aromatic heterocycles. The van der Waals surface area contributed by atoms with Gasteiger partial charge in [-0.2, -0.15) is 0 Å². The Labute approximate surface area is 121 Å². The number of rotatable bonds is 4. The van der Waals surface area contributed by atoms with E-state index in [1.807, 2.05) is 6.07 Å². The summed E-state index contributed by atoms with van der Waals surface area (Å²) in [5, 5.41) is 3.52. The number of nitrogens with one attached hydrogen (secondary N) is 1. The zero-order valence-electron chi connectivity index (χ0n) is 12.5. The quantitative estimate of drug-likeness (QED) is 0.898. The second-order valence-electron chi connectivity index (χ2n) is 6.54. The van der Waals surface area contributed by atoms with E-state index in [-0.39, 0.29) is 11.9 Å². The number of nitrogens with zero attached hydrogens (tertiary/aromatic N) is 1. The molecule has 0 spiro atoms. The Morgan fingerprint density at radius 1 is 1.20 bits per heavy atom. The Bertz CT molecular complexity index is 462. The van der Waals surface area contributed by atoms with E-state index in [2.05, 4.69) is 30.1 Å². The molecule has 1 heterocycles. The molecule has 0 amide bonds. The van der Waals surface area contributed by atoms with Gasteiger partial charge in [0.2, 0.25) is 0 Å². The molecule has 1 aromatic carbocycles. The van der Waals surface area contributed by atoms with E-state index in [0.29, 0.717) is 6.04 Å². The largest absolute Gasteiger partial charge is 0.369 e. The lowest BCUT2D eigenvalue weighted by atomic mass is 9.98. The summed E-state index contributed by atoms with van der Waals surface area (Å²) in [6, 6.07) is 6.65. The van der Waals surface area contributed by atoms with Crippen LogP contribution >= 0.6 is 0 Å². The molecule has 1 saturated heterocycles. The van der Waals surface area contributed by atoms with Gasteiger partial charge in [0.1, 0.15) is 5.82 Å². The number of hydrogen-bond donors (Lipinski definition) is 1. The smallest absolute Gasteiger partial charge is 0.146 e. The number of benzene rings is 1. The fourth-order valence-electron chi connectivity index (χ4n) is 3.00. The summed E-state index contributed by atoms with van der Waals surface area (Å²) in [5.74, 6) is 0.706. The minimum absolute atomic E-state index is 0.0681. The zero-order valence-corrected chi connectivity index (χ0v) is 12.5. The van der Waals surface area contributed by atoms with Crippen molar-refractivity contribution in [2.45, 2.75) is 51.6 Å². The number of hydrogen-bond acceptors (Lipinski definition) is 2. The average Bonchev–Trinajstić information content (AvgIpc) is 3.24. The molecule has 110 valence electrons. The summed E-state index contributed by atoms with van der Waals surface area (Å²) < 4.78 is 14.4. The summed E-state index contributed by atoms with van der Waals surface area (Å²) in [6.07, 6.45) is 4.86. The van der Waals surface area contributed by atoms with Crippen LogP contribution in [0.4, 0.5) is 10.1 Å². The first-order chi connectivity index (χ1) is 9.63. The predicted molar refractivity (Wildman–Crippen MR) is 81.6 cm³/mol. The van der Waals surface area contributed by atoms with Crippen molar-refractivity contribution in [3.63, 3.8) is 0 Å². The van der Waals surface area contributed by atoms with Crippen molar-refractivity contribution >= 4 is 5.69 Å². The van der Waals surface area contributed by atoms with Gasteiger partial charge >= 0.3 is 0 Å². The van der Waals surface area contributed by atoms with E-state index >= 15 is 0 Å². The van der Waals surface area contributed by atoms with Crippen molar-refractivity contribution < 1.29 is 4.39 Å². The van der Waals surface area contributed by atoms with E-state index in [1.165, 1.54) is 25.7 Å².